The van der Waals surface area contributed by atoms with Crippen molar-refractivity contribution in [1.82, 2.24) is 19.6 Å². The molecule has 11 heteroatoms. The topological polar surface area (TPSA) is 115 Å². The van der Waals surface area contributed by atoms with Crippen LogP contribution in [0.3, 0.4) is 0 Å². The number of thioether (sulfide) groups is 1. The highest BCUT2D eigenvalue weighted by Gasteiger charge is 2.19. The van der Waals surface area contributed by atoms with Gasteiger partial charge in [0.1, 0.15) is 0 Å². The molecule has 1 atom stereocenters. The Morgan fingerprint density at radius 2 is 2.14 bits per heavy atom. The SMILES string of the molecule is CC(Sc1nnc2ccccn12)C(=O)Nc1nc(-c2cccc([N+](=O)[O-])c2)cs1. The molecule has 4 rings (SSSR count). The first-order valence-corrected chi connectivity index (χ1v) is 10.2. The normalized spacial score (nSPS) is 12.0. The predicted octanol–water partition coefficient (Wildman–Crippen LogP) is 3.88. The minimum Gasteiger partial charge on any atom is -0.301 e. The Hall–Kier alpha value is -3.31. The highest BCUT2D eigenvalue weighted by molar-refractivity contribution is 8.00. The number of carbonyl (C=O) groups excluding carboxylic acids is 1. The number of hydrogen-bond acceptors (Lipinski definition) is 8. The van der Waals surface area contributed by atoms with Crippen LogP contribution in [0.2, 0.25) is 0 Å². The molecule has 0 bridgehead atoms. The number of nitro benzene ring substituents is 1. The number of nitrogens with zero attached hydrogens (tertiary/aromatic N) is 5. The van der Waals surface area contributed by atoms with Gasteiger partial charge in [-0.3, -0.25) is 19.3 Å². The Kier molecular flexibility index (Phi) is 5.23. The van der Waals surface area contributed by atoms with E-state index in [1.807, 2.05) is 28.8 Å². The fourth-order valence-electron chi connectivity index (χ4n) is 2.56. The summed E-state index contributed by atoms with van der Waals surface area (Å²) in [6.45, 7) is 1.78. The van der Waals surface area contributed by atoms with Crippen LogP contribution in [-0.4, -0.2) is 35.7 Å². The molecule has 4 aromatic rings. The van der Waals surface area contributed by atoms with E-state index >= 15 is 0 Å². The molecular weight excluding hydrogens is 412 g/mol. The lowest BCUT2D eigenvalue weighted by atomic mass is 10.1. The van der Waals surface area contributed by atoms with Gasteiger partial charge in [0.2, 0.25) is 5.91 Å². The average Bonchev–Trinajstić information content (AvgIpc) is 3.35. The standard InChI is InChI=1S/C18H14N6O3S2/c1-11(29-18-22-21-15-7-2-3-8-23(15)18)16(25)20-17-19-14(10-28-17)12-5-4-6-13(9-12)24(26)27/h2-11H,1H3,(H,19,20,25). The van der Waals surface area contributed by atoms with Crippen LogP contribution >= 0.6 is 23.1 Å². The van der Waals surface area contributed by atoms with Gasteiger partial charge in [0.25, 0.3) is 5.69 Å². The fourth-order valence-corrected chi connectivity index (χ4v) is 4.12. The van der Waals surface area contributed by atoms with Crippen molar-refractivity contribution >= 4 is 45.5 Å². The second-order valence-corrected chi connectivity index (χ2v) is 8.17. The van der Waals surface area contributed by atoms with Crippen LogP contribution in [0.4, 0.5) is 10.8 Å². The summed E-state index contributed by atoms with van der Waals surface area (Å²) < 4.78 is 1.82. The molecule has 0 spiro atoms. The van der Waals surface area contributed by atoms with E-state index in [0.29, 0.717) is 27.2 Å². The minimum atomic E-state index is -0.453. The number of benzene rings is 1. The van der Waals surface area contributed by atoms with E-state index in [0.717, 1.165) is 0 Å². The van der Waals surface area contributed by atoms with Crippen molar-refractivity contribution in [2.45, 2.75) is 17.3 Å². The number of thiazole rings is 1. The van der Waals surface area contributed by atoms with E-state index in [4.69, 9.17) is 0 Å². The third kappa shape index (κ3) is 4.10. The number of fused-ring (bicyclic) bond motifs is 1. The summed E-state index contributed by atoms with van der Waals surface area (Å²) in [6, 6.07) is 11.8. The zero-order chi connectivity index (χ0) is 20.4. The Balaban J connectivity index is 1.45. The van der Waals surface area contributed by atoms with E-state index in [1.165, 1.54) is 35.2 Å². The number of nitro groups is 1. The smallest absolute Gasteiger partial charge is 0.270 e. The Morgan fingerprint density at radius 1 is 1.28 bits per heavy atom. The van der Waals surface area contributed by atoms with Crippen LogP contribution in [0, 0.1) is 10.1 Å². The second-order valence-electron chi connectivity index (χ2n) is 6.01. The van der Waals surface area contributed by atoms with Crippen LogP contribution in [0.15, 0.2) is 59.2 Å². The molecular formula is C18H14N6O3S2. The van der Waals surface area contributed by atoms with Crippen LogP contribution < -0.4 is 5.32 Å². The van der Waals surface area contributed by atoms with Gasteiger partial charge in [0, 0.05) is 29.3 Å². The Bertz CT molecular complexity index is 1210. The summed E-state index contributed by atoms with van der Waals surface area (Å²) in [5.41, 5.74) is 1.89. The van der Waals surface area contributed by atoms with Crippen molar-refractivity contribution in [3.05, 3.63) is 64.2 Å². The average molecular weight is 426 g/mol. The number of amides is 1. The number of rotatable bonds is 6. The van der Waals surface area contributed by atoms with E-state index in [9.17, 15) is 14.9 Å². The van der Waals surface area contributed by atoms with Gasteiger partial charge in [0.15, 0.2) is 15.9 Å². The third-order valence-electron chi connectivity index (χ3n) is 4.02. The summed E-state index contributed by atoms with van der Waals surface area (Å²) in [5, 5.41) is 24.3. The molecule has 0 aliphatic carbocycles. The third-order valence-corrected chi connectivity index (χ3v) is 5.84. The van der Waals surface area contributed by atoms with Gasteiger partial charge in [-0.25, -0.2) is 4.98 Å². The molecule has 1 amide bonds. The number of carbonyl (C=O) groups is 1. The van der Waals surface area contributed by atoms with Crippen molar-refractivity contribution in [2.75, 3.05) is 5.32 Å². The quantitative estimate of drug-likeness (QED) is 0.283. The summed E-state index contributed by atoms with van der Waals surface area (Å²) in [7, 11) is 0. The van der Waals surface area contributed by atoms with Gasteiger partial charge in [-0.15, -0.1) is 21.5 Å². The van der Waals surface area contributed by atoms with Gasteiger partial charge >= 0.3 is 0 Å². The lowest BCUT2D eigenvalue weighted by Gasteiger charge is -2.09. The van der Waals surface area contributed by atoms with Crippen LogP contribution in [0.25, 0.3) is 16.9 Å². The Morgan fingerprint density at radius 3 is 2.97 bits per heavy atom. The van der Waals surface area contributed by atoms with Gasteiger partial charge in [0.05, 0.1) is 15.9 Å². The maximum atomic E-state index is 12.6. The molecule has 0 fully saturated rings. The van der Waals surface area contributed by atoms with E-state index in [-0.39, 0.29) is 11.6 Å². The van der Waals surface area contributed by atoms with Gasteiger partial charge < -0.3 is 5.32 Å². The second kappa shape index (κ2) is 7.97. The monoisotopic (exact) mass is 426 g/mol. The van der Waals surface area contributed by atoms with Crippen molar-refractivity contribution in [3.63, 3.8) is 0 Å². The molecule has 1 unspecified atom stereocenters. The number of hydrogen-bond donors (Lipinski definition) is 1. The summed E-state index contributed by atoms with van der Waals surface area (Å²) >= 11 is 2.55. The molecule has 3 aromatic heterocycles. The van der Waals surface area contributed by atoms with E-state index in [2.05, 4.69) is 20.5 Å². The maximum Gasteiger partial charge on any atom is 0.270 e. The molecule has 9 nitrogen and oxygen atoms in total. The van der Waals surface area contributed by atoms with E-state index < -0.39 is 10.2 Å². The molecule has 146 valence electrons. The first-order chi connectivity index (χ1) is 14.0. The molecule has 1 N–H and O–H groups in total. The highest BCUT2D eigenvalue weighted by Crippen LogP contribution is 2.28. The van der Waals surface area contributed by atoms with Crippen LogP contribution in [0.5, 0.6) is 0 Å². The summed E-state index contributed by atoms with van der Waals surface area (Å²) in [6.07, 6.45) is 1.84. The predicted molar refractivity (Wildman–Crippen MR) is 111 cm³/mol. The van der Waals surface area contributed by atoms with Gasteiger partial charge in [-0.05, 0) is 19.1 Å². The number of aromatic nitrogens is 4. The molecule has 3 heterocycles. The van der Waals surface area contributed by atoms with Crippen molar-refractivity contribution in [1.29, 1.82) is 0 Å². The van der Waals surface area contributed by atoms with Gasteiger partial charge in [-0.1, -0.05) is 30.0 Å². The molecule has 1 aromatic carbocycles. The van der Waals surface area contributed by atoms with Crippen LogP contribution in [-0.2, 0) is 4.79 Å². The fraction of sp³-hybridized carbons (Fsp3) is 0.111. The molecule has 0 aliphatic rings. The molecule has 29 heavy (non-hydrogen) atoms. The van der Waals surface area contributed by atoms with Crippen molar-refractivity contribution in [3.8, 4) is 11.3 Å². The largest absolute Gasteiger partial charge is 0.301 e. The zero-order valence-corrected chi connectivity index (χ0v) is 16.7. The zero-order valence-electron chi connectivity index (χ0n) is 15.1. The van der Waals surface area contributed by atoms with Crippen molar-refractivity contribution in [2.24, 2.45) is 0 Å². The molecule has 0 saturated carbocycles. The first-order valence-electron chi connectivity index (χ1n) is 8.49. The lowest BCUT2D eigenvalue weighted by Crippen LogP contribution is -2.22. The van der Waals surface area contributed by atoms with Crippen molar-refractivity contribution < 1.29 is 9.72 Å². The summed E-state index contributed by atoms with van der Waals surface area (Å²) in [4.78, 5) is 27.4. The summed E-state index contributed by atoms with van der Waals surface area (Å²) in [5.74, 6) is -0.220. The number of non-ortho nitro benzene ring substituents is 1. The minimum absolute atomic E-state index is 0.00774. The van der Waals surface area contributed by atoms with Crippen LogP contribution in [0.1, 0.15) is 6.92 Å². The number of nitrogens with one attached hydrogen (secondary N) is 1. The lowest BCUT2D eigenvalue weighted by molar-refractivity contribution is -0.384. The number of pyridine rings is 1. The number of anilines is 1. The molecule has 0 radical (unpaired) electrons. The van der Waals surface area contributed by atoms with Gasteiger partial charge in [-0.2, -0.15) is 0 Å². The highest BCUT2D eigenvalue weighted by atomic mass is 32.2. The first kappa shape index (κ1) is 19.0. The maximum absolute atomic E-state index is 12.6. The molecule has 0 aliphatic heterocycles. The Labute approximate surface area is 173 Å². The molecule has 0 saturated heterocycles. The van der Waals surface area contributed by atoms with E-state index in [1.54, 1.807) is 24.4 Å².